The number of hydrogen-bond donors (Lipinski definition) is 2. The Morgan fingerprint density at radius 1 is 1.33 bits per heavy atom. The molecule has 21 heavy (non-hydrogen) atoms. The van der Waals surface area contributed by atoms with E-state index in [2.05, 4.69) is 5.32 Å². The Balaban J connectivity index is 2.48. The molecule has 1 aromatic rings. The van der Waals surface area contributed by atoms with E-state index in [1.165, 1.54) is 6.92 Å². The maximum atomic E-state index is 11.9. The van der Waals surface area contributed by atoms with Gasteiger partial charge in [0, 0.05) is 23.5 Å². The normalized spacial score (nSPS) is 13.2. The molecule has 1 rings (SSSR count). The summed E-state index contributed by atoms with van der Waals surface area (Å²) in [7, 11) is 0.260. The number of aryl methyl sites for hydroxylation is 1. The summed E-state index contributed by atoms with van der Waals surface area (Å²) in [4.78, 5) is 21.8. The fourth-order valence-corrected chi connectivity index (χ4v) is 2.94. The molecule has 2 unspecified atom stereocenters. The van der Waals surface area contributed by atoms with Crippen LogP contribution in [0.3, 0.4) is 0 Å². The Morgan fingerprint density at radius 2 is 1.95 bits per heavy atom. The third kappa shape index (κ3) is 6.40. The van der Waals surface area contributed by atoms with E-state index < -0.39 is 28.7 Å². The number of ether oxygens (including phenoxy) is 1. The summed E-state index contributed by atoms with van der Waals surface area (Å²) in [5, 5.41) is 11.2. The summed E-state index contributed by atoms with van der Waals surface area (Å²) in [6, 6.07) is 6.27. The van der Waals surface area contributed by atoms with Crippen LogP contribution in [0, 0.1) is 0 Å². The molecule has 0 aliphatic heterocycles. The number of carboxylic acid groups (broad SMARTS) is 1. The van der Waals surface area contributed by atoms with E-state index >= 15 is 0 Å². The summed E-state index contributed by atoms with van der Waals surface area (Å²) in [6.45, 7) is 1.23. The number of methoxy groups -OCH3 is 1. The third-order valence-corrected chi connectivity index (χ3v) is 4.17. The van der Waals surface area contributed by atoms with E-state index in [0.29, 0.717) is 12.2 Å². The van der Waals surface area contributed by atoms with Crippen LogP contribution in [0.2, 0.25) is 0 Å². The number of benzene rings is 1. The maximum absolute atomic E-state index is 11.9. The summed E-state index contributed by atoms with van der Waals surface area (Å²) >= 11 is 0. The number of amides is 1. The maximum Gasteiger partial charge on any atom is 0.327 e. The lowest BCUT2D eigenvalue weighted by molar-refractivity contribution is -0.140. The van der Waals surface area contributed by atoms with Gasteiger partial charge in [-0.25, -0.2) is 4.79 Å². The molecule has 0 saturated heterocycles. The highest BCUT2D eigenvalue weighted by atomic mass is 32.2. The van der Waals surface area contributed by atoms with Gasteiger partial charge in [-0.05, 0) is 24.1 Å². The zero-order chi connectivity index (χ0) is 15.8. The minimum atomic E-state index is -1.32. The van der Waals surface area contributed by atoms with Crippen molar-refractivity contribution >= 4 is 22.7 Å². The largest absolute Gasteiger partial charge is 0.497 e. The smallest absolute Gasteiger partial charge is 0.327 e. The first kappa shape index (κ1) is 17.2. The zero-order valence-electron chi connectivity index (χ0n) is 12.0. The molecule has 0 fully saturated rings. The monoisotopic (exact) mass is 313 g/mol. The van der Waals surface area contributed by atoms with Crippen LogP contribution in [-0.4, -0.2) is 45.8 Å². The number of carbonyl (C=O) groups is 2. The van der Waals surface area contributed by atoms with Crippen LogP contribution < -0.4 is 10.1 Å². The molecule has 0 spiro atoms. The van der Waals surface area contributed by atoms with Crippen molar-refractivity contribution in [2.24, 2.45) is 0 Å². The molecular formula is C14H19NO5S. The zero-order valence-corrected chi connectivity index (χ0v) is 12.8. The average Bonchev–Trinajstić information content (AvgIpc) is 2.44. The quantitative estimate of drug-likeness (QED) is 0.732. The van der Waals surface area contributed by atoms with Gasteiger partial charge in [-0.2, -0.15) is 0 Å². The molecule has 1 amide bonds. The highest BCUT2D eigenvalue weighted by Gasteiger charge is 2.21. The van der Waals surface area contributed by atoms with Crippen LogP contribution in [0.15, 0.2) is 24.3 Å². The van der Waals surface area contributed by atoms with Crippen molar-refractivity contribution in [3.63, 3.8) is 0 Å². The van der Waals surface area contributed by atoms with E-state index in [-0.39, 0.29) is 5.75 Å². The van der Waals surface area contributed by atoms with Crippen LogP contribution in [0.25, 0.3) is 0 Å². The predicted octanol–water partition coefficient (Wildman–Crippen LogP) is 0.576. The van der Waals surface area contributed by atoms with Gasteiger partial charge in [0.15, 0.2) is 0 Å². The predicted molar refractivity (Wildman–Crippen MR) is 79.8 cm³/mol. The molecule has 1 aromatic carbocycles. The lowest BCUT2D eigenvalue weighted by Gasteiger charge is -2.12. The lowest BCUT2D eigenvalue weighted by Crippen LogP contribution is -2.43. The van der Waals surface area contributed by atoms with Crippen molar-refractivity contribution in [2.45, 2.75) is 19.4 Å². The van der Waals surface area contributed by atoms with Gasteiger partial charge in [-0.3, -0.25) is 9.00 Å². The molecular weight excluding hydrogens is 294 g/mol. The summed E-state index contributed by atoms with van der Waals surface area (Å²) in [6.07, 6.45) is 0.572. The summed E-state index contributed by atoms with van der Waals surface area (Å²) < 4.78 is 17.0. The Kier molecular flexibility index (Phi) is 6.87. The van der Waals surface area contributed by atoms with Gasteiger partial charge in [-0.1, -0.05) is 12.1 Å². The second-order valence-electron chi connectivity index (χ2n) is 4.50. The second-order valence-corrected chi connectivity index (χ2v) is 6.12. The van der Waals surface area contributed by atoms with Gasteiger partial charge >= 0.3 is 5.97 Å². The fourth-order valence-electron chi connectivity index (χ4n) is 1.71. The summed E-state index contributed by atoms with van der Waals surface area (Å²) in [5.41, 5.74) is 0.996. The van der Waals surface area contributed by atoms with Crippen molar-refractivity contribution in [2.75, 3.05) is 18.6 Å². The van der Waals surface area contributed by atoms with Crippen LogP contribution >= 0.6 is 0 Å². The highest BCUT2D eigenvalue weighted by Crippen LogP contribution is 2.12. The Hall–Kier alpha value is -1.89. The van der Waals surface area contributed by atoms with Crippen molar-refractivity contribution in [3.8, 4) is 5.75 Å². The molecule has 6 nitrogen and oxygen atoms in total. The molecule has 0 saturated carbocycles. The SMILES string of the molecule is COc1ccc(CCS(=O)CC(NC(C)=O)C(=O)O)cc1. The average molecular weight is 313 g/mol. The number of rotatable bonds is 8. The van der Waals surface area contributed by atoms with E-state index in [1.807, 2.05) is 24.3 Å². The van der Waals surface area contributed by atoms with E-state index in [4.69, 9.17) is 9.84 Å². The standard InChI is InChI=1S/C14H19NO5S/c1-10(16)15-13(14(17)18)9-21(19)8-7-11-3-5-12(20-2)6-4-11/h3-6,13H,7-9H2,1-2H3,(H,15,16)(H,17,18). The van der Waals surface area contributed by atoms with E-state index in [0.717, 1.165) is 11.3 Å². The number of hydrogen-bond acceptors (Lipinski definition) is 4. The van der Waals surface area contributed by atoms with E-state index in [9.17, 15) is 13.8 Å². The van der Waals surface area contributed by atoms with Gasteiger partial charge in [0.1, 0.15) is 11.8 Å². The minimum Gasteiger partial charge on any atom is -0.497 e. The molecule has 2 atom stereocenters. The molecule has 0 bridgehead atoms. The van der Waals surface area contributed by atoms with Crippen molar-refractivity contribution < 1.29 is 23.6 Å². The molecule has 0 aliphatic rings. The molecule has 0 aromatic heterocycles. The minimum absolute atomic E-state index is 0.0922. The Bertz CT molecular complexity index is 515. The first-order chi connectivity index (χ1) is 9.92. The molecule has 0 aliphatic carbocycles. The third-order valence-electron chi connectivity index (χ3n) is 2.81. The van der Waals surface area contributed by atoms with Gasteiger partial charge < -0.3 is 15.2 Å². The van der Waals surface area contributed by atoms with Crippen LogP contribution in [0.1, 0.15) is 12.5 Å². The van der Waals surface area contributed by atoms with Gasteiger partial charge in [0.25, 0.3) is 0 Å². The molecule has 2 N–H and O–H groups in total. The van der Waals surface area contributed by atoms with Crippen molar-refractivity contribution in [3.05, 3.63) is 29.8 Å². The first-order valence-corrected chi connectivity index (χ1v) is 7.89. The van der Waals surface area contributed by atoms with Crippen molar-refractivity contribution in [1.82, 2.24) is 5.32 Å². The van der Waals surface area contributed by atoms with Crippen LogP contribution in [-0.2, 0) is 26.8 Å². The molecule has 7 heteroatoms. The summed E-state index contributed by atoms with van der Waals surface area (Å²) in [5.74, 6) is -0.630. The number of carbonyl (C=O) groups excluding carboxylic acids is 1. The Morgan fingerprint density at radius 3 is 2.43 bits per heavy atom. The van der Waals surface area contributed by atoms with E-state index in [1.54, 1.807) is 7.11 Å². The van der Waals surface area contributed by atoms with Crippen LogP contribution in [0.4, 0.5) is 0 Å². The fraction of sp³-hybridized carbons (Fsp3) is 0.429. The molecule has 116 valence electrons. The lowest BCUT2D eigenvalue weighted by atomic mass is 10.2. The Labute approximate surface area is 126 Å². The topological polar surface area (TPSA) is 92.7 Å². The highest BCUT2D eigenvalue weighted by molar-refractivity contribution is 7.85. The van der Waals surface area contributed by atoms with Gasteiger partial charge in [0.05, 0.1) is 12.9 Å². The number of nitrogens with one attached hydrogen (secondary N) is 1. The van der Waals surface area contributed by atoms with Gasteiger partial charge in [0.2, 0.25) is 5.91 Å². The molecule has 0 heterocycles. The number of carboxylic acids is 1. The molecule has 0 radical (unpaired) electrons. The van der Waals surface area contributed by atoms with Crippen molar-refractivity contribution in [1.29, 1.82) is 0 Å². The van der Waals surface area contributed by atoms with Gasteiger partial charge in [-0.15, -0.1) is 0 Å². The number of aliphatic carboxylic acids is 1. The second kappa shape index (κ2) is 8.41. The van der Waals surface area contributed by atoms with Crippen LogP contribution in [0.5, 0.6) is 5.75 Å². The first-order valence-electron chi connectivity index (χ1n) is 6.40.